The highest BCUT2D eigenvalue weighted by Gasteiger charge is 2.18. The highest BCUT2D eigenvalue weighted by molar-refractivity contribution is 9.10. The van der Waals surface area contributed by atoms with Gasteiger partial charge in [0.1, 0.15) is 0 Å². The highest BCUT2D eigenvalue weighted by atomic mass is 79.9. The minimum atomic E-state index is 0.629. The van der Waals surface area contributed by atoms with E-state index in [1.54, 1.807) is 0 Å². The number of benzene rings is 2. The number of hydrogen-bond acceptors (Lipinski definition) is 3. The molecular weight excluding hydrogens is 320 g/mol. The molecule has 0 aliphatic carbocycles. The summed E-state index contributed by atoms with van der Waals surface area (Å²) < 4.78 is 1.13. The van der Waals surface area contributed by atoms with Crippen LogP contribution in [0.3, 0.4) is 0 Å². The molecule has 1 N–H and O–H groups in total. The third-order valence-electron chi connectivity index (χ3n) is 3.28. The molecule has 2 nitrogen and oxygen atoms in total. The molecule has 1 aliphatic heterocycles. The number of thioether (sulfide) groups is 1. The molecule has 0 saturated heterocycles. The predicted octanol–water partition coefficient (Wildman–Crippen LogP) is 4.90. The van der Waals surface area contributed by atoms with E-state index in [2.05, 4.69) is 69.6 Å². The standard InChI is InChI=1S/C15H15BrN2S/c1-2-10-9-17-15(19-10)18-14-8-7-13(16)11-5-3-4-6-12(11)14/h3-8,10H,2,9H2,1H3,(H,17,18). The Bertz CT molecular complexity index is 639. The van der Waals surface area contributed by atoms with Gasteiger partial charge >= 0.3 is 0 Å². The lowest BCUT2D eigenvalue weighted by atomic mass is 10.1. The van der Waals surface area contributed by atoms with Gasteiger partial charge in [-0.05, 0) is 23.9 Å². The first-order chi connectivity index (χ1) is 9.28. The van der Waals surface area contributed by atoms with Crippen LogP contribution in [0.15, 0.2) is 45.9 Å². The number of halogens is 1. The van der Waals surface area contributed by atoms with E-state index in [1.807, 2.05) is 11.8 Å². The predicted molar refractivity (Wildman–Crippen MR) is 89.2 cm³/mol. The number of aliphatic imine (C=N–C) groups is 1. The Morgan fingerprint density at radius 2 is 2.05 bits per heavy atom. The van der Waals surface area contributed by atoms with Crippen LogP contribution in [0.2, 0.25) is 0 Å². The number of anilines is 1. The van der Waals surface area contributed by atoms with Crippen molar-refractivity contribution in [3.63, 3.8) is 0 Å². The van der Waals surface area contributed by atoms with Crippen molar-refractivity contribution in [1.29, 1.82) is 0 Å². The zero-order chi connectivity index (χ0) is 13.2. The molecule has 1 aliphatic rings. The fourth-order valence-electron chi connectivity index (χ4n) is 2.19. The van der Waals surface area contributed by atoms with Crippen molar-refractivity contribution in [3.05, 3.63) is 40.9 Å². The maximum absolute atomic E-state index is 4.57. The van der Waals surface area contributed by atoms with Crippen LogP contribution in [-0.2, 0) is 0 Å². The Kier molecular flexibility index (Phi) is 3.80. The van der Waals surface area contributed by atoms with Gasteiger partial charge in [-0.2, -0.15) is 0 Å². The monoisotopic (exact) mass is 334 g/mol. The summed E-state index contributed by atoms with van der Waals surface area (Å²) in [5, 5.41) is 7.58. The van der Waals surface area contributed by atoms with Crippen molar-refractivity contribution in [2.75, 3.05) is 11.9 Å². The van der Waals surface area contributed by atoms with Crippen LogP contribution in [0, 0.1) is 0 Å². The van der Waals surface area contributed by atoms with Gasteiger partial charge in [-0.1, -0.05) is 58.9 Å². The molecule has 19 heavy (non-hydrogen) atoms. The van der Waals surface area contributed by atoms with Crippen molar-refractivity contribution < 1.29 is 0 Å². The normalized spacial score (nSPS) is 18.6. The first-order valence-corrected chi connectivity index (χ1v) is 8.10. The average Bonchev–Trinajstić information content (AvgIpc) is 2.90. The van der Waals surface area contributed by atoms with Crippen molar-refractivity contribution in [2.24, 2.45) is 4.99 Å². The second kappa shape index (κ2) is 5.55. The van der Waals surface area contributed by atoms with Crippen LogP contribution >= 0.6 is 27.7 Å². The quantitative estimate of drug-likeness (QED) is 0.844. The number of amidine groups is 1. The third-order valence-corrected chi connectivity index (χ3v) is 5.25. The van der Waals surface area contributed by atoms with Gasteiger partial charge in [0, 0.05) is 20.8 Å². The van der Waals surface area contributed by atoms with Gasteiger partial charge in [0.05, 0.1) is 6.54 Å². The molecule has 1 atom stereocenters. The molecule has 1 heterocycles. The summed E-state index contributed by atoms with van der Waals surface area (Å²) in [5.41, 5.74) is 1.13. The second-order valence-electron chi connectivity index (χ2n) is 4.56. The maximum Gasteiger partial charge on any atom is 0.161 e. The molecule has 2 aromatic carbocycles. The summed E-state index contributed by atoms with van der Waals surface area (Å²) in [4.78, 5) is 4.57. The summed E-state index contributed by atoms with van der Waals surface area (Å²) in [5.74, 6) is 0. The molecule has 0 saturated carbocycles. The Morgan fingerprint density at radius 3 is 2.79 bits per heavy atom. The van der Waals surface area contributed by atoms with Crippen molar-refractivity contribution in [3.8, 4) is 0 Å². The maximum atomic E-state index is 4.57. The summed E-state index contributed by atoms with van der Waals surface area (Å²) >= 11 is 5.45. The second-order valence-corrected chi connectivity index (χ2v) is 6.70. The van der Waals surface area contributed by atoms with E-state index in [9.17, 15) is 0 Å². The van der Waals surface area contributed by atoms with Gasteiger partial charge in [0.2, 0.25) is 0 Å². The minimum Gasteiger partial charge on any atom is -0.334 e. The van der Waals surface area contributed by atoms with Gasteiger partial charge in [-0.3, -0.25) is 4.99 Å². The molecule has 2 aromatic rings. The fourth-order valence-corrected chi connectivity index (χ4v) is 3.61. The Morgan fingerprint density at radius 1 is 1.26 bits per heavy atom. The van der Waals surface area contributed by atoms with Gasteiger partial charge in [-0.15, -0.1) is 0 Å². The smallest absolute Gasteiger partial charge is 0.161 e. The van der Waals surface area contributed by atoms with Crippen LogP contribution in [-0.4, -0.2) is 17.0 Å². The zero-order valence-corrected chi connectivity index (χ0v) is 13.1. The summed E-state index contributed by atoms with van der Waals surface area (Å²) in [6.07, 6.45) is 1.17. The Labute approximate surface area is 125 Å². The van der Waals surface area contributed by atoms with E-state index in [-0.39, 0.29) is 0 Å². The lowest BCUT2D eigenvalue weighted by Crippen LogP contribution is -2.07. The summed E-state index contributed by atoms with van der Waals surface area (Å²) in [6.45, 7) is 3.14. The van der Waals surface area contributed by atoms with E-state index >= 15 is 0 Å². The Hall–Kier alpha value is -1.00. The molecule has 0 bridgehead atoms. The van der Waals surface area contributed by atoms with E-state index in [0.29, 0.717) is 5.25 Å². The van der Waals surface area contributed by atoms with Crippen molar-refractivity contribution in [2.45, 2.75) is 18.6 Å². The fraction of sp³-hybridized carbons (Fsp3) is 0.267. The number of nitrogens with one attached hydrogen (secondary N) is 1. The van der Waals surface area contributed by atoms with E-state index in [1.165, 1.54) is 17.2 Å². The van der Waals surface area contributed by atoms with E-state index in [0.717, 1.165) is 21.9 Å². The number of rotatable bonds is 2. The number of hydrogen-bond donors (Lipinski definition) is 1. The molecule has 0 radical (unpaired) electrons. The van der Waals surface area contributed by atoms with E-state index in [4.69, 9.17) is 0 Å². The Balaban J connectivity index is 1.92. The minimum absolute atomic E-state index is 0.629. The van der Waals surface area contributed by atoms with Crippen molar-refractivity contribution in [1.82, 2.24) is 0 Å². The topological polar surface area (TPSA) is 24.4 Å². The molecule has 4 heteroatoms. The summed E-state index contributed by atoms with van der Waals surface area (Å²) in [7, 11) is 0. The molecule has 0 spiro atoms. The van der Waals surface area contributed by atoms with Gasteiger partial charge in [0.25, 0.3) is 0 Å². The average molecular weight is 335 g/mol. The van der Waals surface area contributed by atoms with E-state index < -0.39 is 0 Å². The molecule has 0 amide bonds. The molecule has 1 unspecified atom stereocenters. The third kappa shape index (κ3) is 2.65. The molecule has 0 fully saturated rings. The summed E-state index contributed by atoms with van der Waals surface area (Å²) in [6, 6.07) is 12.6. The van der Waals surface area contributed by atoms with Crippen LogP contribution in [0.25, 0.3) is 10.8 Å². The first-order valence-electron chi connectivity index (χ1n) is 6.43. The van der Waals surface area contributed by atoms with Crippen molar-refractivity contribution >= 4 is 49.3 Å². The van der Waals surface area contributed by atoms with Crippen LogP contribution in [0.4, 0.5) is 5.69 Å². The van der Waals surface area contributed by atoms with Crippen LogP contribution < -0.4 is 5.32 Å². The molecular formula is C15H15BrN2S. The van der Waals surface area contributed by atoms with Crippen LogP contribution in [0.1, 0.15) is 13.3 Å². The largest absolute Gasteiger partial charge is 0.334 e. The van der Waals surface area contributed by atoms with Crippen LogP contribution in [0.5, 0.6) is 0 Å². The van der Waals surface area contributed by atoms with Gasteiger partial charge < -0.3 is 5.32 Å². The lowest BCUT2D eigenvalue weighted by Gasteiger charge is -2.11. The zero-order valence-electron chi connectivity index (χ0n) is 10.7. The highest BCUT2D eigenvalue weighted by Crippen LogP contribution is 2.32. The lowest BCUT2D eigenvalue weighted by molar-refractivity contribution is 0.844. The molecule has 0 aromatic heterocycles. The molecule has 3 rings (SSSR count). The van der Waals surface area contributed by atoms with Gasteiger partial charge in [0.15, 0.2) is 5.17 Å². The first kappa shape index (κ1) is 13.0. The van der Waals surface area contributed by atoms with Gasteiger partial charge in [-0.25, -0.2) is 0 Å². The number of nitrogens with zero attached hydrogens (tertiary/aromatic N) is 1. The number of fused-ring (bicyclic) bond motifs is 1. The SMILES string of the molecule is CCC1CN=C(Nc2ccc(Br)c3ccccc23)S1. The molecule has 98 valence electrons.